The van der Waals surface area contributed by atoms with Gasteiger partial charge in [0.1, 0.15) is 5.52 Å². The Labute approximate surface area is 136 Å². The standard InChI is InChI=1S/C17H24N4O2/c1-19-8-9-20(2)13(11-19)10-17(22)21(3)12-16-18-14-6-4-5-7-15(14)23-16/h4-7,13H,8-12H2,1-3H3/t13-/m0/s1. The topological polar surface area (TPSA) is 52.8 Å². The van der Waals surface area contributed by atoms with Crippen molar-refractivity contribution in [1.29, 1.82) is 0 Å². The second-order valence-corrected chi connectivity index (χ2v) is 6.43. The van der Waals surface area contributed by atoms with Crippen molar-refractivity contribution in [1.82, 2.24) is 19.7 Å². The van der Waals surface area contributed by atoms with Gasteiger partial charge in [0.2, 0.25) is 11.8 Å². The predicted octanol–water partition coefficient (Wildman–Crippen LogP) is 1.42. The number of hydrogen-bond acceptors (Lipinski definition) is 5. The lowest BCUT2D eigenvalue weighted by atomic mass is 10.1. The maximum Gasteiger partial charge on any atom is 0.224 e. The number of carbonyl (C=O) groups is 1. The normalized spacial score (nSPS) is 20.0. The maximum atomic E-state index is 12.5. The predicted molar refractivity (Wildman–Crippen MR) is 89.0 cm³/mol. The molecular weight excluding hydrogens is 292 g/mol. The van der Waals surface area contributed by atoms with Crippen LogP contribution in [0.2, 0.25) is 0 Å². The van der Waals surface area contributed by atoms with Gasteiger partial charge in [0, 0.05) is 39.1 Å². The largest absolute Gasteiger partial charge is 0.439 e. The Balaban J connectivity index is 1.60. The lowest BCUT2D eigenvalue weighted by Gasteiger charge is -2.37. The van der Waals surface area contributed by atoms with Crippen molar-refractivity contribution in [2.75, 3.05) is 40.8 Å². The van der Waals surface area contributed by atoms with Gasteiger partial charge >= 0.3 is 0 Å². The summed E-state index contributed by atoms with van der Waals surface area (Å²) in [6.45, 7) is 3.39. The van der Waals surface area contributed by atoms with E-state index in [9.17, 15) is 4.79 Å². The summed E-state index contributed by atoms with van der Waals surface area (Å²) in [6, 6.07) is 7.92. The van der Waals surface area contributed by atoms with E-state index in [0.29, 0.717) is 18.9 Å². The molecule has 2 heterocycles. The molecule has 3 rings (SSSR count). The van der Waals surface area contributed by atoms with Crippen LogP contribution < -0.4 is 0 Å². The molecule has 0 N–H and O–H groups in total. The van der Waals surface area contributed by atoms with E-state index in [1.165, 1.54) is 0 Å². The Morgan fingerprint density at radius 2 is 2.13 bits per heavy atom. The number of benzene rings is 1. The number of aromatic nitrogens is 1. The number of hydrogen-bond donors (Lipinski definition) is 0. The zero-order valence-corrected chi connectivity index (χ0v) is 14.0. The van der Waals surface area contributed by atoms with Crippen LogP contribution in [0.1, 0.15) is 12.3 Å². The molecule has 0 radical (unpaired) electrons. The Morgan fingerprint density at radius 1 is 1.35 bits per heavy atom. The molecular formula is C17H24N4O2. The van der Waals surface area contributed by atoms with Gasteiger partial charge in [-0.15, -0.1) is 0 Å². The highest BCUT2D eigenvalue weighted by Gasteiger charge is 2.26. The van der Waals surface area contributed by atoms with E-state index in [2.05, 4.69) is 28.9 Å². The average molecular weight is 316 g/mol. The molecule has 1 saturated heterocycles. The first-order valence-corrected chi connectivity index (χ1v) is 8.00. The van der Waals surface area contributed by atoms with Gasteiger partial charge in [-0.1, -0.05) is 12.1 Å². The number of para-hydroxylation sites is 2. The molecule has 6 heteroatoms. The molecule has 0 bridgehead atoms. The highest BCUT2D eigenvalue weighted by atomic mass is 16.3. The molecule has 0 spiro atoms. The minimum atomic E-state index is 0.124. The molecule has 0 unspecified atom stereocenters. The molecule has 6 nitrogen and oxygen atoms in total. The van der Waals surface area contributed by atoms with Crippen LogP contribution in [0.4, 0.5) is 0 Å². The third-order valence-corrected chi connectivity index (χ3v) is 4.53. The number of likely N-dealkylation sites (N-methyl/N-ethyl adjacent to an activating group) is 2. The molecule has 0 saturated carbocycles. The number of rotatable bonds is 4. The summed E-state index contributed by atoms with van der Waals surface area (Å²) in [5.74, 6) is 0.704. The number of fused-ring (bicyclic) bond motifs is 1. The van der Waals surface area contributed by atoms with E-state index in [0.717, 1.165) is 30.7 Å². The number of piperazine rings is 1. The molecule has 2 aromatic rings. The van der Waals surface area contributed by atoms with Crippen molar-refractivity contribution >= 4 is 17.0 Å². The molecule has 1 aliphatic heterocycles. The van der Waals surface area contributed by atoms with Gasteiger partial charge < -0.3 is 19.1 Å². The van der Waals surface area contributed by atoms with Crippen LogP contribution in [0.5, 0.6) is 0 Å². The molecule has 1 fully saturated rings. The summed E-state index contributed by atoms with van der Waals surface area (Å²) < 4.78 is 5.69. The summed E-state index contributed by atoms with van der Waals surface area (Å²) in [6.07, 6.45) is 0.525. The Kier molecular flexibility index (Phi) is 4.63. The first-order chi connectivity index (χ1) is 11.0. The SMILES string of the molecule is CN1CCN(C)[C@@H](CC(=O)N(C)Cc2nc3ccccc3o2)C1. The zero-order valence-electron chi connectivity index (χ0n) is 14.0. The summed E-state index contributed by atoms with van der Waals surface area (Å²) in [5, 5.41) is 0. The molecule has 1 aromatic carbocycles. The van der Waals surface area contributed by atoms with Gasteiger partial charge in [-0.05, 0) is 26.2 Å². The fourth-order valence-electron chi connectivity index (χ4n) is 2.96. The zero-order chi connectivity index (χ0) is 16.4. The summed E-state index contributed by atoms with van der Waals surface area (Å²) in [5.41, 5.74) is 1.59. The van der Waals surface area contributed by atoms with Crippen LogP contribution in [0.25, 0.3) is 11.1 Å². The van der Waals surface area contributed by atoms with E-state index < -0.39 is 0 Å². The van der Waals surface area contributed by atoms with Gasteiger partial charge in [-0.25, -0.2) is 4.98 Å². The van der Waals surface area contributed by atoms with Crippen molar-refractivity contribution in [3.05, 3.63) is 30.2 Å². The highest BCUT2D eigenvalue weighted by Crippen LogP contribution is 2.17. The van der Waals surface area contributed by atoms with Crippen molar-refractivity contribution in [2.45, 2.75) is 19.0 Å². The third kappa shape index (κ3) is 3.71. The molecule has 1 amide bonds. The Bertz CT molecular complexity index is 651. The van der Waals surface area contributed by atoms with E-state index in [1.807, 2.05) is 31.3 Å². The fraction of sp³-hybridized carbons (Fsp3) is 0.529. The van der Waals surface area contributed by atoms with Crippen molar-refractivity contribution in [3.8, 4) is 0 Å². The average Bonchev–Trinajstić information content (AvgIpc) is 2.93. The number of amides is 1. The van der Waals surface area contributed by atoms with Crippen molar-refractivity contribution in [3.63, 3.8) is 0 Å². The van der Waals surface area contributed by atoms with E-state index in [-0.39, 0.29) is 11.9 Å². The molecule has 124 valence electrons. The van der Waals surface area contributed by atoms with Gasteiger partial charge in [-0.3, -0.25) is 4.79 Å². The molecule has 1 aliphatic rings. The second-order valence-electron chi connectivity index (χ2n) is 6.43. The lowest BCUT2D eigenvalue weighted by molar-refractivity contribution is -0.132. The Hall–Kier alpha value is -1.92. The smallest absolute Gasteiger partial charge is 0.224 e. The number of oxazole rings is 1. The Morgan fingerprint density at radius 3 is 2.91 bits per heavy atom. The first kappa shape index (κ1) is 16.0. The minimum absolute atomic E-state index is 0.124. The van der Waals surface area contributed by atoms with Crippen LogP contribution in [0, 0.1) is 0 Å². The van der Waals surface area contributed by atoms with Crippen LogP contribution in [0.15, 0.2) is 28.7 Å². The van der Waals surface area contributed by atoms with Crippen LogP contribution in [-0.4, -0.2) is 72.4 Å². The van der Waals surface area contributed by atoms with E-state index in [4.69, 9.17) is 4.42 Å². The van der Waals surface area contributed by atoms with Gasteiger partial charge in [0.15, 0.2) is 5.58 Å². The van der Waals surface area contributed by atoms with Gasteiger partial charge in [0.05, 0.1) is 6.54 Å². The number of carbonyl (C=O) groups excluding carboxylic acids is 1. The van der Waals surface area contributed by atoms with E-state index >= 15 is 0 Å². The van der Waals surface area contributed by atoms with Gasteiger partial charge in [-0.2, -0.15) is 0 Å². The minimum Gasteiger partial charge on any atom is -0.439 e. The second kappa shape index (κ2) is 6.68. The van der Waals surface area contributed by atoms with Crippen LogP contribution >= 0.6 is 0 Å². The van der Waals surface area contributed by atoms with Crippen molar-refractivity contribution < 1.29 is 9.21 Å². The van der Waals surface area contributed by atoms with E-state index in [1.54, 1.807) is 4.90 Å². The monoisotopic (exact) mass is 316 g/mol. The quantitative estimate of drug-likeness (QED) is 0.854. The van der Waals surface area contributed by atoms with Crippen molar-refractivity contribution in [2.24, 2.45) is 0 Å². The lowest BCUT2D eigenvalue weighted by Crippen LogP contribution is -2.51. The highest BCUT2D eigenvalue weighted by molar-refractivity contribution is 5.76. The fourth-order valence-corrected chi connectivity index (χ4v) is 2.96. The number of nitrogens with zero attached hydrogens (tertiary/aromatic N) is 4. The molecule has 23 heavy (non-hydrogen) atoms. The van der Waals surface area contributed by atoms with Crippen LogP contribution in [0.3, 0.4) is 0 Å². The van der Waals surface area contributed by atoms with Crippen LogP contribution in [-0.2, 0) is 11.3 Å². The molecule has 1 atom stereocenters. The third-order valence-electron chi connectivity index (χ3n) is 4.53. The van der Waals surface area contributed by atoms with Gasteiger partial charge in [0.25, 0.3) is 0 Å². The molecule has 1 aromatic heterocycles. The maximum absolute atomic E-state index is 12.5. The first-order valence-electron chi connectivity index (χ1n) is 8.00. The summed E-state index contributed by atoms with van der Waals surface area (Å²) in [4.78, 5) is 23.2. The summed E-state index contributed by atoms with van der Waals surface area (Å²) >= 11 is 0. The molecule has 0 aliphatic carbocycles. The summed E-state index contributed by atoms with van der Waals surface area (Å²) in [7, 11) is 6.00.